The number of aromatic nitrogens is 2. The molecule has 0 bridgehead atoms. The minimum absolute atomic E-state index is 0.199. The van der Waals surface area contributed by atoms with Crippen molar-refractivity contribution in [2.75, 3.05) is 13.2 Å². The third-order valence-corrected chi connectivity index (χ3v) is 4.57. The molecule has 1 aliphatic carbocycles. The number of ether oxygens (including phenoxy) is 2. The molecule has 0 fully saturated rings. The van der Waals surface area contributed by atoms with E-state index < -0.39 is 0 Å². The molecule has 3 aromatic rings. The van der Waals surface area contributed by atoms with E-state index >= 15 is 0 Å². The van der Waals surface area contributed by atoms with Crippen LogP contribution in [-0.4, -0.2) is 29.2 Å². The number of aryl methyl sites for hydroxylation is 2. The van der Waals surface area contributed by atoms with E-state index in [1.54, 1.807) is 18.5 Å². The predicted molar refractivity (Wildman–Crippen MR) is 95.0 cm³/mol. The lowest BCUT2D eigenvalue weighted by Gasteiger charge is -2.10. The molecule has 0 saturated heterocycles. The average Bonchev–Trinajstić information content (AvgIpc) is 3.04. The molecule has 1 aliphatic rings. The summed E-state index contributed by atoms with van der Waals surface area (Å²) in [6.45, 7) is 0.499. The van der Waals surface area contributed by atoms with Crippen molar-refractivity contribution in [1.29, 1.82) is 0 Å². The summed E-state index contributed by atoms with van der Waals surface area (Å²) < 4.78 is 10.9. The Labute approximate surface area is 146 Å². The van der Waals surface area contributed by atoms with Gasteiger partial charge in [0.1, 0.15) is 19.0 Å². The second-order valence-corrected chi connectivity index (χ2v) is 6.19. The number of carbonyl (C=O) groups excluding carboxylic acids is 1. The van der Waals surface area contributed by atoms with E-state index in [0.717, 1.165) is 23.7 Å². The Bertz CT molecular complexity index is 887. The summed E-state index contributed by atoms with van der Waals surface area (Å²) in [6.07, 6.45) is 7.85. The van der Waals surface area contributed by atoms with Crippen molar-refractivity contribution in [1.82, 2.24) is 9.97 Å². The van der Waals surface area contributed by atoms with Gasteiger partial charge in [0, 0.05) is 17.3 Å². The van der Waals surface area contributed by atoms with Crippen LogP contribution in [0.1, 0.15) is 34.5 Å². The number of hydrogen-bond donors (Lipinski definition) is 1. The van der Waals surface area contributed by atoms with Gasteiger partial charge in [-0.1, -0.05) is 12.1 Å². The lowest BCUT2D eigenvalue weighted by atomic mass is 9.95. The van der Waals surface area contributed by atoms with Crippen LogP contribution in [0.4, 0.5) is 0 Å². The van der Waals surface area contributed by atoms with Crippen LogP contribution < -0.4 is 4.74 Å². The van der Waals surface area contributed by atoms with Crippen LogP contribution in [0.2, 0.25) is 0 Å². The smallest absolute Gasteiger partial charge is 0.340 e. The molecule has 0 atom stereocenters. The quantitative estimate of drug-likeness (QED) is 0.570. The monoisotopic (exact) mass is 336 g/mol. The van der Waals surface area contributed by atoms with E-state index in [4.69, 9.17) is 9.47 Å². The molecule has 1 N–H and O–H groups in total. The van der Waals surface area contributed by atoms with Crippen LogP contribution in [-0.2, 0) is 17.6 Å². The second-order valence-electron chi connectivity index (χ2n) is 6.19. The maximum atomic E-state index is 12.5. The standard InChI is InChI=1S/C20H20N2O3/c23-20(25-12-11-24-14-5-4-10-21-13-14)17-8-3-7-16-15-6-1-2-9-18(15)22-19(16)17/h3-5,7-8,10,13,22H,1-2,6,9,11-12H2. The van der Waals surface area contributed by atoms with Crippen LogP contribution in [0, 0.1) is 0 Å². The third-order valence-electron chi connectivity index (χ3n) is 4.57. The van der Waals surface area contributed by atoms with Gasteiger partial charge in [0.2, 0.25) is 0 Å². The molecular formula is C20H20N2O3. The SMILES string of the molecule is O=C(OCCOc1cccnc1)c1cccc2c3c([nH]c12)CCCC3. The van der Waals surface area contributed by atoms with Gasteiger partial charge in [-0.15, -0.1) is 0 Å². The van der Waals surface area contributed by atoms with Gasteiger partial charge >= 0.3 is 5.97 Å². The number of rotatable bonds is 5. The van der Waals surface area contributed by atoms with Crippen molar-refractivity contribution in [3.8, 4) is 5.75 Å². The maximum absolute atomic E-state index is 12.5. The van der Waals surface area contributed by atoms with Crippen LogP contribution in [0.3, 0.4) is 0 Å². The van der Waals surface area contributed by atoms with Gasteiger partial charge in [-0.25, -0.2) is 4.79 Å². The van der Waals surface area contributed by atoms with Gasteiger partial charge in [-0.2, -0.15) is 0 Å². The molecule has 0 aliphatic heterocycles. The van der Waals surface area contributed by atoms with E-state index in [-0.39, 0.29) is 12.6 Å². The summed E-state index contributed by atoms with van der Waals surface area (Å²) in [4.78, 5) is 19.9. The van der Waals surface area contributed by atoms with E-state index in [1.165, 1.54) is 24.1 Å². The van der Waals surface area contributed by atoms with Gasteiger partial charge in [0.15, 0.2) is 0 Å². The summed E-state index contributed by atoms with van der Waals surface area (Å²) in [7, 11) is 0. The Hall–Kier alpha value is -2.82. The number of fused-ring (bicyclic) bond motifs is 3. The third kappa shape index (κ3) is 3.22. The Morgan fingerprint density at radius 3 is 2.92 bits per heavy atom. The number of esters is 1. The molecular weight excluding hydrogens is 316 g/mol. The molecule has 0 unspecified atom stereocenters. The normalized spacial score (nSPS) is 13.4. The predicted octanol–water partition coefficient (Wildman–Crippen LogP) is 3.68. The number of aromatic amines is 1. The summed E-state index contributed by atoms with van der Waals surface area (Å²) >= 11 is 0. The Morgan fingerprint density at radius 2 is 2.04 bits per heavy atom. The zero-order valence-electron chi connectivity index (χ0n) is 14.0. The van der Waals surface area contributed by atoms with Crippen molar-refractivity contribution in [3.63, 3.8) is 0 Å². The highest BCUT2D eigenvalue weighted by Crippen LogP contribution is 2.30. The molecule has 2 aromatic heterocycles. The zero-order chi connectivity index (χ0) is 17.1. The first-order chi connectivity index (χ1) is 12.3. The Morgan fingerprint density at radius 1 is 1.12 bits per heavy atom. The minimum Gasteiger partial charge on any atom is -0.488 e. The number of benzene rings is 1. The first-order valence-electron chi connectivity index (χ1n) is 8.65. The van der Waals surface area contributed by atoms with Crippen molar-refractivity contribution < 1.29 is 14.3 Å². The Balaban J connectivity index is 1.44. The van der Waals surface area contributed by atoms with Crippen LogP contribution in [0.5, 0.6) is 5.75 Å². The first-order valence-corrected chi connectivity index (χ1v) is 8.65. The highest BCUT2D eigenvalue weighted by atomic mass is 16.6. The molecule has 5 heteroatoms. The fraction of sp³-hybridized carbons (Fsp3) is 0.300. The molecule has 0 amide bonds. The van der Waals surface area contributed by atoms with Crippen molar-refractivity contribution in [2.24, 2.45) is 0 Å². The van der Waals surface area contributed by atoms with Crippen molar-refractivity contribution in [3.05, 3.63) is 59.5 Å². The van der Waals surface area contributed by atoms with Gasteiger partial charge in [-0.05, 0) is 49.4 Å². The molecule has 25 heavy (non-hydrogen) atoms. The van der Waals surface area contributed by atoms with Crippen LogP contribution >= 0.6 is 0 Å². The number of nitrogens with one attached hydrogen (secondary N) is 1. The fourth-order valence-corrected chi connectivity index (χ4v) is 3.40. The van der Waals surface area contributed by atoms with Crippen molar-refractivity contribution >= 4 is 16.9 Å². The maximum Gasteiger partial charge on any atom is 0.340 e. The number of nitrogens with zero attached hydrogens (tertiary/aromatic N) is 1. The average molecular weight is 336 g/mol. The minimum atomic E-state index is -0.320. The van der Waals surface area contributed by atoms with Crippen LogP contribution in [0.25, 0.3) is 10.9 Å². The first kappa shape index (κ1) is 15.7. The molecule has 0 saturated carbocycles. The highest BCUT2D eigenvalue weighted by molar-refractivity contribution is 6.04. The van der Waals surface area contributed by atoms with Crippen LogP contribution in [0.15, 0.2) is 42.7 Å². The largest absolute Gasteiger partial charge is 0.488 e. The molecule has 2 heterocycles. The molecule has 5 nitrogen and oxygen atoms in total. The fourth-order valence-electron chi connectivity index (χ4n) is 3.40. The number of hydrogen-bond acceptors (Lipinski definition) is 4. The molecule has 1 aromatic carbocycles. The number of H-pyrrole nitrogens is 1. The molecule has 128 valence electrons. The number of carbonyl (C=O) groups is 1. The lowest BCUT2D eigenvalue weighted by molar-refractivity contribution is 0.0452. The Kier molecular flexibility index (Phi) is 4.37. The molecule has 0 spiro atoms. The van der Waals surface area contributed by atoms with Gasteiger partial charge in [0.25, 0.3) is 0 Å². The van der Waals surface area contributed by atoms with Gasteiger partial charge < -0.3 is 14.5 Å². The summed E-state index contributed by atoms with van der Waals surface area (Å²) in [6, 6.07) is 9.44. The highest BCUT2D eigenvalue weighted by Gasteiger charge is 2.19. The van der Waals surface area contributed by atoms with E-state index in [2.05, 4.69) is 16.0 Å². The van der Waals surface area contributed by atoms with E-state index in [0.29, 0.717) is 17.9 Å². The van der Waals surface area contributed by atoms with Gasteiger partial charge in [0.05, 0.1) is 17.3 Å². The zero-order valence-corrected chi connectivity index (χ0v) is 14.0. The molecule has 4 rings (SSSR count). The summed E-state index contributed by atoms with van der Waals surface area (Å²) in [5, 5.41) is 1.15. The van der Waals surface area contributed by atoms with E-state index in [1.807, 2.05) is 18.2 Å². The second kappa shape index (κ2) is 6.97. The molecule has 0 radical (unpaired) electrons. The summed E-state index contributed by atoms with van der Waals surface area (Å²) in [5.41, 5.74) is 4.11. The lowest BCUT2D eigenvalue weighted by Crippen LogP contribution is -2.12. The number of para-hydroxylation sites is 1. The number of pyridine rings is 1. The van der Waals surface area contributed by atoms with Crippen molar-refractivity contribution in [2.45, 2.75) is 25.7 Å². The van der Waals surface area contributed by atoms with Gasteiger partial charge in [-0.3, -0.25) is 4.98 Å². The summed E-state index contributed by atoms with van der Waals surface area (Å²) in [5.74, 6) is 0.344. The van der Waals surface area contributed by atoms with E-state index in [9.17, 15) is 4.79 Å². The topological polar surface area (TPSA) is 64.2 Å².